The molecule has 0 aliphatic rings. The molecule has 104 valence electrons. The zero-order valence-corrected chi connectivity index (χ0v) is 11.3. The SMILES string of the molecule is C=CCOc1c(C)cccc1/C(O)=C(\[N+]#N)C(=O)OC. The highest BCUT2D eigenvalue weighted by atomic mass is 16.5. The first-order valence-corrected chi connectivity index (χ1v) is 5.77. The van der Waals surface area contributed by atoms with E-state index in [1.54, 1.807) is 25.1 Å². The van der Waals surface area contributed by atoms with Crippen LogP contribution in [0.1, 0.15) is 11.1 Å². The molecule has 0 saturated heterocycles. The first-order chi connectivity index (χ1) is 9.56. The number of ether oxygens (including phenoxy) is 2. The van der Waals surface area contributed by atoms with Crippen LogP contribution in [0.4, 0.5) is 0 Å². The fourth-order valence-corrected chi connectivity index (χ4v) is 1.58. The van der Waals surface area contributed by atoms with Gasteiger partial charge in [0, 0.05) is 0 Å². The quantitative estimate of drug-likeness (QED) is 0.294. The maximum absolute atomic E-state index is 11.4. The van der Waals surface area contributed by atoms with Crippen molar-refractivity contribution in [2.45, 2.75) is 6.92 Å². The summed E-state index contributed by atoms with van der Waals surface area (Å²) < 4.78 is 9.89. The van der Waals surface area contributed by atoms with Crippen molar-refractivity contribution in [2.24, 2.45) is 0 Å². The molecule has 0 aliphatic carbocycles. The fraction of sp³-hybridized carbons (Fsp3) is 0.214. The van der Waals surface area contributed by atoms with Crippen LogP contribution < -0.4 is 4.74 Å². The van der Waals surface area contributed by atoms with Crippen molar-refractivity contribution in [3.05, 3.63) is 52.7 Å². The number of diazo groups is 1. The minimum atomic E-state index is -0.957. The van der Waals surface area contributed by atoms with Crippen molar-refractivity contribution in [1.82, 2.24) is 0 Å². The van der Waals surface area contributed by atoms with Crippen LogP contribution in [0.3, 0.4) is 0 Å². The molecule has 1 aromatic rings. The Morgan fingerprint density at radius 1 is 1.55 bits per heavy atom. The normalized spacial score (nSPS) is 11.1. The Labute approximate surface area is 116 Å². The monoisotopic (exact) mass is 275 g/mol. The van der Waals surface area contributed by atoms with E-state index in [1.165, 1.54) is 6.07 Å². The summed E-state index contributed by atoms with van der Waals surface area (Å²) in [5, 5.41) is 19.0. The number of aryl methyl sites for hydroxylation is 1. The average molecular weight is 275 g/mol. The van der Waals surface area contributed by atoms with Gasteiger partial charge in [-0.25, -0.2) is 4.79 Å². The lowest BCUT2D eigenvalue weighted by Gasteiger charge is -2.11. The molecule has 1 aromatic carbocycles. The van der Waals surface area contributed by atoms with E-state index in [0.717, 1.165) is 12.7 Å². The van der Waals surface area contributed by atoms with Gasteiger partial charge in [0.25, 0.3) is 0 Å². The molecule has 0 heterocycles. The number of esters is 1. The molecule has 0 spiro atoms. The highest BCUT2D eigenvalue weighted by Gasteiger charge is 2.32. The minimum absolute atomic E-state index is 0.227. The van der Waals surface area contributed by atoms with E-state index in [1.807, 2.05) is 0 Å². The second kappa shape index (κ2) is 6.95. The van der Waals surface area contributed by atoms with Gasteiger partial charge in [0.15, 0.2) is 4.98 Å². The Kier molecular flexibility index (Phi) is 5.30. The number of rotatable bonds is 5. The predicted molar refractivity (Wildman–Crippen MR) is 73.5 cm³/mol. The summed E-state index contributed by atoms with van der Waals surface area (Å²) in [6.07, 6.45) is 1.55. The Morgan fingerprint density at radius 2 is 2.25 bits per heavy atom. The molecule has 0 amide bonds. The van der Waals surface area contributed by atoms with Crippen LogP contribution in [0.2, 0.25) is 0 Å². The summed E-state index contributed by atoms with van der Waals surface area (Å²) in [6, 6.07) is 4.99. The maximum atomic E-state index is 11.4. The predicted octanol–water partition coefficient (Wildman–Crippen LogP) is 2.81. The summed E-state index contributed by atoms with van der Waals surface area (Å²) >= 11 is 0. The molecule has 0 atom stereocenters. The number of carbonyl (C=O) groups is 1. The van der Waals surface area contributed by atoms with Crippen molar-refractivity contribution in [3.63, 3.8) is 0 Å². The summed E-state index contributed by atoms with van der Waals surface area (Å²) in [5.74, 6) is -1.11. The van der Waals surface area contributed by atoms with Crippen LogP contribution in [0.15, 0.2) is 36.6 Å². The smallest absolute Gasteiger partial charge is 0.501 e. The van der Waals surface area contributed by atoms with Crippen LogP contribution in [-0.4, -0.2) is 24.8 Å². The number of hydrogen-bond donors (Lipinski definition) is 1. The number of carbonyl (C=O) groups excluding carboxylic acids is 1. The molecular formula is C14H15N2O4+. The van der Waals surface area contributed by atoms with Gasteiger partial charge in [-0.3, -0.25) is 0 Å². The van der Waals surface area contributed by atoms with E-state index in [-0.39, 0.29) is 12.2 Å². The Hall–Kier alpha value is -2.81. The molecule has 20 heavy (non-hydrogen) atoms. The van der Waals surface area contributed by atoms with E-state index >= 15 is 0 Å². The van der Waals surface area contributed by atoms with E-state index in [9.17, 15) is 9.90 Å². The van der Waals surface area contributed by atoms with Gasteiger partial charge in [-0.2, -0.15) is 0 Å². The number of methoxy groups -OCH3 is 1. The third-order valence-corrected chi connectivity index (χ3v) is 2.52. The highest BCUT2D eigenvalue weighted by Crippen LogP contribution is 2.30. The van der Waals surface area contributed by atoms with Crippen molar-refractivity contribution in [1.29, 1.82) is 5.39 Å². The van der Waals surface area contributed by atoms with Crippen molar-refractivity contribution in [2.75, 3.05) is 13.7 Å². The molecule has 1 rings (SSSR count). The first kappa shape index (κ1) is 15.2. The van der Waals surface area contributed by atoms with Gasteiger partial charge < -0.3 is 14.6 Å². The molecule has 0 fully saturated rings. The van der Waals surface area contributed by atoms with Crippen molar-refractivity contribution >= 4 is 11.7 Å². The summed E-state index contributed by atoms with van der Waals surface area (Å²) in [5.41, 5.74) is 0.379. The molecule has 0 saturated carbocycles. The third kappa shape index (κ3) is 3.14. The highest BCUT2D eigenvalue weighted by molar-refractivity contribution is 5.98. The summed E-state index contributed by atoms with van der Waals surface area (Å²) in [7, 11) is 1.12. The number of benzene rings is 1. The van der Waals surface area contributed by atoms with Gasteiger partial charge in [-0.1, -0.05) is 24.8 Å². The molecule has 1 N–H and O–H groups in total. The standard InChI is InChI=1S/C14H14N2O4/c1-4-8-20-13-9(2)6-5-7-10(13)12(17)11(16-15)14(18)19-3/h4-7H,1,8H2,2-3H3/p+1. The van der Waals surface area contributed by atoms with Crippen LogP contribution in [-0.2, 0) is 9.53 Å². The molecule has 0 bridgehead atoms. The number of hydrogen-bond acceptors (Lipinski definition) is 5. The fourth-order valence-electron chi connectivity index (χ4n) is 1.58. The molecule has 0 aliphatic heterocycles. The largest absolute Gasteiger partial charge is 0.510 e. The third-order valence-electron chi connectivity index (χ3n) is 2.52. The topological polar surface area (TPSA) is 83.9 Å². The number of para-hydroxylation sites is 1. The second-order valence-corrected chi connectivity index (χ2v) is 3.84. The van der Waals surface area contributed by atoms with Gasteiger partial charge in [0.2, 0.25) is 11.2 Å². The lowest BCUT2D eigenvalue weighted by Crippen LogP contribution is -2.06. The van der Waals surface area contributed by atoms with E-state index in [0.29, 0.717) is 5.75 Å². The number of nitrogens with zero attached hydrogens (tertiary/aromatic N) is 2. The second-order valence-electron chi connectivity index (χ2n) is 3.84. The molecule has 0 unspecified atom stereocenters. The van der Waals surface area contributed by atoms with Crippen LogP contribution in [0.5, 0.6) is 5.75 Å². The van der Waals surface area contributed by atoms with Gasteiger partial charge in [-0.15, -0.1) is 0 Å². The molecule has 6 nitrogen and oxygen atoms in total. The van der Waals surface area contributed by atoms with Crippen molar-refractivity contribution < 1.29 is 19.4 Å². The molecule has 0 aromatic heterocycles. The van der Waals surface area contributed by atoms with Crippen LogP contribution in [0.25, 0.3) is 10.7 Å². The lowest BCUT2D eigenvalue weighted by molar-refractivity contribution is -0.135. The Balaban J connectivity index is 3.41. The summed E-state index contributed by atoms with van der Waals surface area (Å²) in [4.78, 5) is 14.2. The minimum Gasteiger partial charge on any atom is -0.501 e. The molecule has 6 heteroatoms. The summed E-state index contributed by atoms with van der Waals surface area (Å²) in [6.45, 7) is 5.55. The lowest BCUT2D eigenvalue weighted by atomic mass is 10.1. The average Bonchev–Trinajstić information content (AvgIpc) is 2.46. The number of aliphatic hydroxyl groups excluding tert-OH is 1. The Morgan fingerprint density at radius 3 is 2.80 bits per heavy atom. The zero-order valence-electron chi connectivity index (χ0n) is 11.3. The van der Waals surface area contributed by atoms with Gasteiger partial charge in [0.1, 0.15) is 12.4 Å². The van der Waals surface area contributed by atoms with E-state index < -0.39 is 17.4 Å². The van der Waals surface area contributed by atoms with E-state index in [4.69, 9.17) is 10.1 Å². The van der Waals surface area contributed by atoms with Crippen LogP contribution >= 0.6 is 0 Å². The molecular weight excluding hydrogens is 260 g/mol. The van der Waals surface area contributed by atoms with Crippen molar-refractivity contribution in [3.8, 4) is 5.75 Å². The Bertz CT molecular complexity index is 600. The molecule has 0 radical (unpaired) electrons. The van der Waals surface area contributed by atoms with Crippen LogP contribution in [0, 0.1) is 12.3 Å². The first-order valence-electron chi connectivity index (χ1n) is 5.77. The maximum Gasteiger partial charge on any atom is 0.510 e. The number of aliphatic hydroxyl groups is 1. The van der Waals surface area contributed by atoms with Gasteiger partial charge in [0.05, 0.1) is 12.7 Å². The van der Waals surface area contributed by atoms with Gasteiger partial charge >= 0.3 is 11.7 Å². The zero-order chi connectivity index (χ0) is 15.1. The van der Waals surface area contributed by atoms with E-state index in [2.05, 4.69) is 16.3 Å². The van der Waals surface area contributed by atoms with Gasteiger partial charge in [-0.05, 0) is 18.6 Å².